The molecule has 2 rings (SSSR count). The van der Waals surface area contributed by atoms with Gasteiger partial charge < -0.3 is 5.32 Å². The summed E-state index contributed by atoms with van der Waals surface area (Å²) in [5.74, 6) is 0.575. The van der Waals surface area contributed by atoms with E-state index in [1.807, 2.05) is 19.9 Å². The van der Waals surface area contributed by atoms with Gasteiger partial charge in [0.2, 0.25) is 10.0 Å². The van der Waals surface area contributed by atoms with Gasteiger partial charge in [0.25, 0.3) is 0 Å². The first kappa shape index (κ1) is 16.1. The molecule has 1 N–H and O–H groups in total. The van der Waals surface area contributed by atoms with Crippen molar-refractivity contribution in [3.8, 4) is 0 Å². The smallest absolute Gasteiger partial charge is 0.238 e. The lowest BCUT2D eigenvalue weighted by Gasteiger charge is -2.41. The van der Waals surface area contributed by atoms with Gasteiger partial charge in [-0.25, -0.2) is 8.42 Å². The first-order valence-electron chi connectivity index (χ1n) is 6.10. The molecule has 2 heterocycles. The summed E-state index contributed by atoms with van der Waals surface area (Å²) in [4.78, 5) is 0.824. The van der Waals surface area contributed by atoms with E-state index in [2.05, 4.69) is 21.2 Å². The van der Waals surface area contributed by atoms with Crippen LogP contribution in [0.25, 0.3) is 0 Å². The van der Waals surface area contributed by atoms with Gasteiger partial charge in [-0.3, -0.25) is 4.31 Å². The van der Waals surface area contributed by atoms with Crippen LogP contribution >= 0.6 is 38.9 Å². The molecule has 20 heavy (non-hydrogen) atoms. The standard InChI is InChI=1S/C12H16BrClN2O2S2/c1-4-5-10-15-12(2,7-20(17,18)16(10)3)11-8(14)6-9(13)19-11/h5-6,15H,4,7H2,1-3H3/b10-5-/t12-/m0/s1. The minimum atomic E-state index is -3.36. The summed E-state index contributed by atoms with van der Waals surface area (Å²) in [7, 11) is -1.80. The van der Waals surface area contributed by atoms with Gasteiger partial charge in [0.1, 0.15) is 5.82 Å². The summed E-state index contributed by atoms with van der Waals surface area (Å²) < 4.78 is 26.9. The predicted molar refractivity (Wildman–Crippen MR) is 87.4 cm³/mol. The van der Waals surface area contributed by atoms with E-state index in [1.54, 1.807) is 13.1 Å². The van der Waals surface area contributed by atoms with Crippen LogP contribution in [0.2, 0.25) is 5.02 Å². The lowest BCUT2D eigenvalue weighted by atomic mass is 10.0. The molecular formula is C12H16BrClN2O2S2. The Morgan fingerprint density at radius 1 is 1.65 bits per heavy atom. The lowest BCUT2D eigenvalue weighted by Crippen LogP contribution is -2.55. The molecule has 0 spiro atoms. The van der Waals surface area contributed by atoms with Crippen molar-refractivity contribution in [2.45, 2.75) is 25.8 Å². The van der Waals surface area contributed by atoms with Crippen molar-refractivity contribution in [1.29, 1.82) is 0 Å². The molecule has 0 saturated carbocycles. The molecule has 0 bridgehead atoms. The van der Waals surface area contributed by atoms with Crippen molar-refractivity contribution in [3.63, 3.8) is 0 Å². The van der Waals surface area contributed by atoms with Gasteiger partial charge >= 0.3 is 0 Å². The lowest BCUT2D eigenvalue weighted by molar-refractivity contribution is 0.359. The van der Waals surface area contributed by atoms with E-state index >= 15 is 0 Å². The van der Waals surface area contributed by atoms with Crippen molar-refractivity contribution in [3.05, 3.63) is 31.6 Å². The van der Waals surface area contributed by atoms with Crippen molar-refractivity contribution in [2.75, 3.05) is 12.8 Å². The molecule has 112 valence electrons. The second kappa shape index (κ2) is 5.51. The summed E-state index contributed by atoms with van der Waals surface area (Å²) in [5, 5.41) is 3.90. The fraction of sp³-hybridized carbons (Fsp3) is 0.500. The second-order valence-corrected chi connectivity index (χ2v) is 9.74. The molecule has 1 fully saturated rings. The largest absolute Gasteiger partial charge is 0.360 e. The van der Waals surface area contributed by atoms with E-state index in [0.717, 1.165) is 15.1 Å². The van der Waals surface area contributed by atoms with Crippen molar-refractivity contribution in [2.24, 2.45) is 0 Å². The molecule has 0 aromatic carbocycles. The number of sulfonamides is 1. The summed E-state index contributed by atoms with van der Waals surface area (Å²) in [6.45, 7) is 3.83. The second-order valence-electron chi connectivity index (χ2n) is 4.91. The van der Waals surface area contributed by atoms with Crippen LogP contribution in [0.1, 0.15) is 25.1 Å². The van der Waals surface area contributed by atoms with Gasteiger partial charge in [0.05, 0.1) is 25.0 Å². The number of nitrogens with one attached hydrogen (secondary N) is 1. The molecule has 8 heteroatoms. The predicted octanol–water partition coefficient (Wildman–Crippen LogP) is 3.50. The Hall–Kier alpha value is -0.240. The fourth-order valence-electron chi connectivity index (χ4n) is 2.22. The van der Waals surface area contributed by atoms with E-state index in [9.17, 15) is 8.42 Å². The average Bonchev–Trinajstić information content (AvgIpc) is 2.65. The third-order valence-electron chi connectivity index (χ3n) is 3.19. The zero-order valence-electron chi connectivity index (χ0n) is 11.4. The minimum Gasteiger partial charge on any atom is -0.360 e. The van der Waals surface area contributed by atoms with Gasteiger partial charge in [-0.1, -0.05) is 18.5 Å². The number of thiophene rings is 1. The number of hydrogen-bond donors (Lipinski definition) is 1. The molecule has 0 amide bonds. The summed E-state index contributed by atoms with van der Waals surface area (Å²) in [5.41, 5.74) is -0.722. The van der Waals surface area contributed by atoms with E-state index in [1.165, 1.54) is 15.6 Å². The maximum absolute atomic E-state index is 12.4. The first-order chi connectivity index (χ1) is 9.19. The van der Waals surface area contributed by atoms with Crippen LogP contribution in [-0.2, 0) is 15.6 Å². The van der Waals surface area contributed by atoms with Gasteiger partial charge in [-0.2, -0.15) is 0 Å². The zero-order valence-corrected chi connectivity index (χ0v) is 15.4. The first-order valence-corrected chi connectivity index (χ1v) is 9.69. The Balaban J connectivity index is 2.52. The molecule has 0 radical (unpaired) electrons. The zero-order chi connectivity index (χ0) is 15.1. The van der Waals surface area contributed by atoms with Crippen molar-refractivity contribution in [1.82, 2.24) is 9.62 Å². The summed E-state index contributed by atoms with van der Waals surface area (Å²) in [6.07, 6.45) is 2.62. The van der Waals surface area contributed by atoms with Crippen LogP contribution in [0, 0.1) is 0 Å². The van der Waals surface area contributed by atoms with Crippen molar-refractivity contribution >= 4 is 48.9 Å². The highest BCUT2D eigenvalue weighted by Crippen LogP contribution is 2.41. The average molecular weight is 400 g/mol. The Kier molecular flexibility index (Phi) is 4.45. The third kappa shape index (κ3) is 2.86. The molecule has 1 aromatic heterocycles. The monoisotopic (exact) mass is 398 g/mol. The Labute approximate surface area is 137 Å². The number of rotatable bonds is 2. The van der Waals surface area contributed by atoms with Crippen LogP contribution in [0.4, 0.5) is 0 Å². The van der Waals surface area contributed by atoms with Gasteiger partial charge in [-0.05, 0) is 41.4 Å². The maximum Gasteiger partial charge on any atom is 0.238 e. The van der Waals surface area contributed by atoms with E-state index < -0.39 is 15.6 Å². The normalized spacial score (nSPS) is 27.6. The van der Waals surface area contributed by atoms with E-state index in [0.29, 0.717) is 10.8 Å². The molecule has 1 aliphatic heterocycles. The molecule has 4 nitrogen and oxygen atoms in total. The van der Waals surface area contributed by atoms with Gasteiger partial charge in [-0.15, -0.1) is 11.3 Å². The van der Waals surface area contributed by atoms with Gasteiger partial charge in [0.15, 0.2) is 0 Å². The van der Waals surface area contributed by atoms with Crippen LogP contribution in [0.15, 0.2) is 21.7 Å². The Morgan fingerprint density at radius 2 is 2.30 bits per heavy atom. The highest BCUT2D eigenvalue weighted by atomic mass is 79.9. The highest BCUT2D eigenvalue weighted by Gasteiger charge is 2.43. The fourth-order valence-corrected chi connectivity index (χ4v) is 6.09. The quantitative estimate of drug-likeness (QED) is 0.828. The molecule has 0 aliphatic carbocycles. The molecule has 1 aliphatic rings. The molecule has 1 aromatic rings. The van der Waals surface area contributed by atoms with E-state index in [-0.39, 0.29) is 5.75 Å². The number of nitrogens with zero attached hydrogens (tertiary/aromatic N) is 1. The molecule has 1 atom stereocenters. The number of halogens is 2. The van der Waals surface area contributed by atoms with Crippen LogP contribution in [0.3, 0.4) is 0 Å². The summed E-state index contributed by atoms with van der Waals surface area (Å²) >= 11 is 11.1. The highest BCUT2D eigenvalue weighted by molar-refractivity contribution is 9.11. The van der Waals surface area contributed by atoms with E-state index in [4.69, 9.17) is 11.6 Å². The number of hydrogen-bond acceptors (Lipinski definition) is 4. The minimum absolute atomic E-state index is 0.0236. The topological polar surface area (TPSA) is 49.4 Å². The molecular weight excluding hydrogens is 384 g/mol. The summed E-state index contributed by atoms with van der Waals surface area (Å²) in [6, 6.07) is 1.79. The van der Waals surface area contributed by atoms with Crippen molar-refractivity contribution < 1.29 is 8.42 Å². The molecule has 0 unspecified atom stereocenters. The SMILES string of the molecule is CC/C=C1/N[C@](C)(c2sc(Br)cc2Cl)CS(=O)(=O)N1C. The van der Waals surface area contributed by atoms with Crippen LogP contribution in [-0.4, -0.2) is 25.5 Å². The van der Waals surface area contributed by atoms with Crippen LogP contribution in [0.5, 0.6) is 0 Å². The van der Waals surface area contributed by atoms with Gasteiger partial charge in [0, 0.05) is 7.05 Å². The number of allylic oxidation sites excluding steroid dienone is 1. The van der Waals surface area contributed by atoms with Crippen LogP contribution < -0.4 is 5.32 Å². The maximum atomic E-state index is 12.4. The third-order valence-corrected chi connectivity index (χ3v) is 7.47. The Morgan fingerprint density at radius 3 is 2.80 bits per heavy atom. The Bertz CT molecular complexity index is 656. The molecule has 1 saturated heterocycles.